The van der Waals surface area contributed by atoms with Crippen LogP contribution in [0, 0.1) is 0 Å². The predicted octanol–water partition coefficient (Wildman–Crippen LogP) is 5.11. The van der Waals surface area contributed by atoms with E-state index in [2.05, 4.69) is 10.3 Å². The van der Waals surface area contributed by atoms with E-state index < -0.39 is 12.0 Å². The molecule has 186 valence electrons. The lowest BCUT2D eigenvalue weighted by Crippen LogP contribution is -2.38. The summed E-state index contributed by atoms with van der Waals surface area (Å²) in [6.45, 7) is 2.40. The van der Waals surface area contributed by atoms with Crippen LogP contribution in [0.3, 0.4) is 0 Å². The van der Waals surface area contributed by atoms with E-state index in [9.17, 15) is 9.59 Å². The van der Waals surface area contributed by atoms with E-state index in [1.165, 1.54) is 11.8 Å². The fourth-order valence-corrected chi connectivity index (χ4v) is 5.28. The van der Waals surface area contributed by atoms with Gasteiger partial charge in [0.25, 0.3) is 0 Å². The van der Waals surface area contributed by atoms with Crippen molar-refractivity contribution in [3.8, 4) is 0 Å². The Morgan fingerprint density at radius 1 is 1.00 bits per heavy atom. The van der Waals surface area contributed by atoms with Gasteiger partial charge in [-0.05, 0) is 35.1 Å². The SMILES string of the molecule is CC1=C(C(=O)OCc2ccccc2)C(c2ccccc2)N2C(CC(=O)NCc3cccnc3)=CSC2=N1. The van der Waals surface area contributed by atoms with Gasteiger partial charge in [-0.3, -0.25) is 9.78 Å². The van der Waals surface area contributed by atoms with Crippen molar-refractivity contribution in [1.82, 2.24) is 15.2 Å². The van der Waals surface area contributed by atoms with Crippen molar-refractivity contribution in [2.75, 3.05) is 0 Å². The van der Waals surface area contributed by atoms with Crippen LogP contribution in [-0.4, -0.2) is 26.9 Å². The first kappa shape index (κ1) is 24.5. The maximum atomic E-state index is 13.5. The summed E-state index contributed by atoms with van der Waals surface area (Å²) in [5.41, 5.74) is 4.62. The second-order valence-corrected chi connectivity index (χ2v) is 9.52. The van der Waals surface area contributed by atoms with Crippen LogP contribution in [0.25, 0.3) is 0 Å². The number of carbonyl (C=O) groups is 2. The highest BCUT2D eigenvalue weighted by Crippen LogP contribution is 2.44. The van der Waals surface area contributed by atoms with Gasteiger partial charge in [-0.15, -0.1) is 0 Å². The van der Waals surface area contributed by atoms with Gasteiger partial charge in [0.05, 0.1) is 23.7 Å². The van der Waals surface area contributed by atoms with Crippen molar-refractivity contribution in [2.24, 2.45) is 4.99 Å². The van der Waals surface area contributed by atoms with Gasteiger partial charge in [-0.2, -0.15) is 0 Å². The summed E-state index contributed by atoms with van der Waals surface area (Å²) in [5, 5.41) is 5.63. The van der Waals surface area contributed by atoms with Gasteiger partial charge in [0.15, 0.2) is 5.17 Å². The van der Waals surface area contributed by atoms with E-state index in [4.69, 9.17) is 9.73 Å². The Labute approximate surface area is 220 Å². The predicted molar refractivity (Wildman–Crippen MR) is 144 cm³/mol. The number of allylic oxidation sites excluding steroid dienone is 1. The monoisotopic (exact) mass is 510 g/mol. The lowest BCUT2D eigenvalue weighted by molar-refractivity contribution is -0.141. The van der Waals surface area contributed by atoms with Gasteiger partial charge < -0.3 is 15.0 Å². The molecular formula is C29H26N4O3S. The molecule has 2 aromatic carbocycles. The third-order valence-corrected chi connectivity index (χ3v) is 6.99. The Kier molecular flexibility index (Phi) is 7.46. The Hall–Kier alpha value is -4.17. The molecule has 37 heavy (non-hydrogen) atoms. The molecule has 0 bridgehead atoms. The van der Waals surface area contributed by atoms with Gasteiger partial charge in [0.1, 0.15) is 6.61 Å². The van der Waals surface area contributed by atoms with Crippen molar-refractivity contribution in [1.29, 1.82) is 0 Å². The van der Waals surface area contributed by atoms with Crippen LogP contribution in [0.1, 0.15) is 36.1 Å². The van der Waals surface area contributed by atoms with Crippen LogP contribution in [0.4, 0.5) is 0 Å². The molecule has 1 unspecified atom stereocenters. The van der Waals surface area contributed by atoms with Gasteiger partial charge in [0.2, 0.25) is 5.91 Å². The van der Waals surface area contributed by atoms with Crippen LogP contribution in [0.2, 0.25) is 0 Å². The van der Waals surface area contributed by atoms with Crippen LogP contribution < -0.4 is 5.32 Å². The van der Waals surface area contributed by atoms with Crippen molar-refractivity contribution in [3.05, 3.63) is 124 Å². The van der Waals surface area contributed by atoms with E-state index in [1.807, 2.05) is 90.0 Å². The summed E-state index contributed by atoms with van der Waals surface area (Å²) in [6, 6.07) is 22.7. The molecule has 0 radical (unpaired) electrons. The van der Waals surface area contributed by atoms with Crippen molar-refractivity contribution < 1.29 is 14.3 Å². The van der Waals surface area contributed by atoms with E-state index in [1.54, 1.807) is 12.4 Å². The van der Waals surface area contributed by atoms with Crippen LogP contribution in [0.15, 0.2) is 113 Å². The molecule has 0 aliphatic carbocycles. The number of pyridine rings is 1. The normalized spacial score (nSPS) is 16.6. The first-order chi connectivity index (χ1) is 18.1. The molecule has 2 aliphatic rings. The highest BCUT2D eigenvalue weighted by atomic mass is 32.2. The topological polar surface area (TPSA) is 83.9 Å². The number of amidine groups is 1. The Morgan fingerprint density at radius 3 is 2.46 bits per heavy atom. The largest absolute Gasteiger partial charge is 0.457 e. The molecule has 7 nitrogen and oxygen atoms in total. The first-order valence-corrected chi connectivity index (χ1v) is 12.8. The number of rotatable bonds is 8. The first-order valence-electron chi connectivity index (χ1n) is 12.0. The lowest BCUT2D eigenvalue weighted by atomic mass is 9.94. The number of nitrogens with one attached hydrogen (secondary N) is 1. The zero-order valence-corrected chi connectivity index (χ0v) is 21.2. The van der Waals surface area contributed by atoms with Gasteiger partial charge in [-0.25, -0.2) is 9.79 Å². The average Bonchev–Trinajstić information content (AvgIpc) is 3.33. The molecule has 8 heteroatoms. The molecule has 1 atom stereocenters. The van der Waals surface area contributed by atoms with Crippen molar-refractivity contribution in [2.45, 2.75) is 32.5 Å². The van der Waals surface area contributed by atoms with E-state index in [0.717, 1.165) is 27.6 Å². The molecule has 1 aromatic heterocycles. The number of benzene rings is 2. The zero-order chi connectivity index (χ0) is 25.6. The number of thioether (sulfide) groups is 1. The van der Waals surface area contributed by atoms with E-state index in [-0.39, 0.29) is 18.9 Å². The molecule has 5 rings (SSSR count). The Morgan fingerprint density at radius 2 is 1.73 bits per heavy atom. The summed E-state index contributed by atoms with van der Waals surface area (Å²) in [7, 11) is 0. The minimum absolute atomic E-state index is 0.122. The second kappa shape index (κ2) is 11.3. The van der Waals surface area contributed by atoms with Crippen LogP contribution in [-0.2, 0) is 27.5 Å². The third-order valence-electron chi connectivity index (χ3n) is 6.10. The van der Waals surface area contributed by atoms with E-state index >= 15 is 0 Å². The summed E-state index contributed by atoms with van der Waals surface area (Å²) >= 11 is 1.45. The highest BCUT2D eigenvalue weighted by molar-refractivity contribution is 8.16. The van der Waals surface area contributed by atoms with Crippen molar-refractivity contribution >= 4 is 28.8 Å². The summed E-state index contributed by atoms with van der Waals surface area (Å²) in [6.07, 6.45) is 3.58. The summed E-state index contributed by atoms with van der Waals surface area (Å²) in [5.74, 6) is -0.543. The molecule has 0 fully saturated rings. The summed E-state index contributed by atoms with van der Waals surface area (Å²) < 4.78 is 5.74. The van der Waals surface area contributed by atoms with Crippen molar-refractivity contribution in [3.63, 3.8) is 0 Å². The third kappa shape index (κ3) is 5.65. The number of aliphatic imine (C=N–C) groups is 1. The number of aromatic nitrogens is 1. The molecule has 1 amide bonds. The molecule has 2 aliphatic heterocycles. The number of hydrogen-bond donors (Lipinski definition) is 1. The minimum atomic E-state index is -0.454. The maximum Gasteiger partial charge on any atom is 0.338 e. The fourth-order valence-electron chi connectivity index (χ4n) is 4.31. The zero-order valence-electron chi connectivity index (χ0n) is 20.3. The number of nitrogens with zero attached hydrogens (tertiary/aromatic N) is 3. The lowest BCUT2D eigenvalue weighted by Gasteiger charge is -2.36. The number of fused-ring (bicyclic) bond motifs is 1. The molecule has 3 heterocycles. The van der Waals surface area contributed by atoms with Gasteiger partial charge in [-0.1, -0.05) is 78.5 Å². The molecule has 3 aromatic rings. The number of carbonyl (C=O) groups excluding carboxylic acids is 2. The van der Waals surface area contributed by atoms with Gasteiger partial charge in [0, 0.05) is 24.6 Å². The van der Waals surface area contributed by atoms with Crippen LogP contribution >= 0.6 is 11.8 Å². The number of esters is 1. The van der Waals surface area contributed by atoms with Crippen LogP contribution in [0.5, 0.6) is 0 Å². The molecule has 1 N–H and O–H groups in total. The highest BCUT2D eigenvalue weighted by Gasteiger charge is 2.41. The standard InChI is InChI=1S/C29H26N4O3S/c1-20-26(28(35)36-18-21-9-4-2-5-10-21)27(23-12-6-3-7-13-23)33-24(19-37-29(33)32-20)15-25(34)31-17-22-11-8-14-30-16-22/h2-14,16,19,27H,15,17-18H2,1H3,(H,31,34). The summed E-state index contributed by atoms with van der Waals surface area (Å²) in [4.78, 5) is 37.1. The Balaban J connectivity index is 1.38. The molecular weight excluding hydrogens is 484 g/mol. The minimum Gasteiger partial charge on any atom is -0.457 e. The molecule has 0 spiro atoms. The number of hydrogen-bond acceptors (Lipinski definition) is 7. The number of ether oxygens (including phenoxy) is 1. The Bertz CT molecular complexity index is 1370. The molecule has 0 saturated carbocycles. The quantitative estimate of drug-likeness (QED) is 0.424. The fraction of sp³-hybridized carbons (Fsp3) is 0.172. The van der Waals surface area contributed by atoms with E-state index in [0.29, 0.717) is 17.8 Å². The average molecular weight is 511 g/mol. The molecule has 0 saturated heterocycles. The maximum absolute atomic E-state index is 13.5. The smallest absolute Gasteiger partial charge is 0.338 e. The van der Waals surface area contributed by atoms with Gasteiger partial charge >= 0.3 is 5.97 Å². The number of amides is 1. The second-order valence-electron chi connectivity index (χ2n) is 8.68.